The highest BCUT2D eigenvalue weighted by Crippen LogP contribution is 2.23. The van der Waals surface area contributed by atoms with Crippen molar-refractivity contribution >= 4 is 11.7 Å². The Morgan fingerprint density at radius 2 is 1.70 bits per heavy atom. The molecule has 3 aromatic rings. The maximum atomic E-state index is 12.6. The number of carbonyl (C=O) groups excluding carboxylic acids is 1. The number of hydrogen-bond acceptors (Lipinski definition) is 4. The molecule has 2 aromatic carbocycles. The van der Waals surface area contributed by atoms with Gasteiger partial charge in [-0.15, -0.1) is 0 Å². The van der Waals surface area contributed by atoms with Crippen molar-refractivity contribution in [2.24, 2.45) is 0 Å². The van der Waals surface area contributed by atoms with E-state index in [1.54, 1.807) is 6.07 Å². The molecule has 1 fully saturated rings. The third-order valence-electron chi connectivity index (χ3n) is 4.54. The summed E-state index contributed by atoms with van der Waals surface area (Å²) in [5.74, 6) is 1.16. The van der Waals surface area contributed by atoms with Crippen molar-refractivity contribution in [3.8, 4) is 11.4 Å². The maximum absolute atomic E-state index is 12.6. The van der Waals surface area contributed by atoms with Gasteiger partial charge in [-0.3, -0.25) is 4.79 Å². The number of nitrogens with zero attached hydrogens (tertiary/aromatic N) is 3. The Morgan fingerprint density at radius 1 is 1.04 bits per heavy atom. The molecule has 1 aliphatic carbocycles. The van der Waals surface area contributed by atoms with E-state index in [-0.39, 0.29) is 11.9 Å². The predicted octanol–water partition coefficient (Wildman–Crippen LogP) is 3.67. The van der Waals surface area contributed by atoms with Crippen molar-refractivity contribution in [1.82, 2.24) is 15.3 Å². The molecule has 5 nitrogen and oxygen atoms in total. The summed E-state index contributed by atoms with van der Waals surface area (Å²) in [5.41, 5.74) is 2.49. The largest absolute Gasteiger partial charge is 0.355 e. The number of rotatable bonds is 6. The van der Waals surface area contributed by atoms with Crippen molar-refractivity contribution in [2.45, 2.75) is 25.4 Å². The fourth-order valence-electron chi connectivity index (χ4n) is 2.89. The first-order valence-electron chi connectivity index (χ1n) is 9.19. The zero-order valence-electron chi connectivity index (χ0n) is 15.3. The van der Waals surface area contributed by atoms with Gasteiger partial charge >= 0.3 is 0 Å². The van der Waals surface area contributed by atoms with Crippen LogP contribution in [0.5, 0.6) is 0 Å². The second kappa shape index (κ2) is 7.58. The molecule has 0 aliphatic heterocycles. The highest BCUT2D eigenvalue weighted by molar-refractivity contribution is 5.93. The van der Waals surface area contributed by atoms with Crippen LogP contribution in [0.15, 0.2) is 66.7 Å². The van der Waals surface area contributed by atoms with Gasteiger partial charge in [0.2, 0.25) is 0 Å². The van der Waals surface area contributed by atoms with Gasteiger partial charge in [0.1, 0.15) is 11.5 Å². The van der Waals surface area contributed by atoms with E-state index in [9.17, 15) is 4.79 Å². The fourth-order valence-corrected chi connectivity index (χ4v) is 2.89. The van der Waals surface area contributed by atoms with E-state index in [1.165, 1.54) is 5.56 Å². The zero-order valence-corrected chi connectivity index (χ0v) is 15.3. The van der Waals surface area contributed by atoms with Crippen molar-refractivity contribution in [3.63, 3.8) is 0 Å². The van der Waals surface area contributed by atoms with E-state index < -0.39 is 0 Å². The second-order valence-electron chi connectivity index (χ2n) is 6.89. The zero-order chi connectivity index (χ0) is 18.6. The second-order valence-corrected chi connectivity index (χ2v) is 6.89. The van der Waals surface area contributed by atoms with Crippen LogP contribution in [0.3, 0.4) is 0 Å². The van der Waals surface area contributed by atoms with Crippen LogP contribution in [0.4, 0.5) is 5.82 Å². The van der Waals surface area contributed by atoms with Gasteiger partial charge in [-0.05, 0) is 18.4 Å². The minimum absolute atomic E-state index is 0.133. The average molecular weight is 358 g/mol. The Balaban J connectivity index is 1.67. The Bertz CT molecular complexity index is 924. The summed E-state index contributed by atoms with van der Waals surface area (Å²) < 4.78 is 0. The van der Waals surface area contributed by atoms with Gasteiger partial charge in [-0.1, -0.05) is 60.7 Å². The summed E-state index contributed by atoms with van der Waals surface area (Å²) in [6, 6.07) is 22.0. The summed E-state index contributed by atoms with van der Waals surface area (Å²) in [5, 5.41) is 3.02. The van der Waals surface area contributed by atoms with E-state index in [0.29, 0.717) is 18.1 Å². The summed E-state index contributed by atoms with van der Waals surface area (Å²) in [6.45, 7) is 0.704. The third kappa shape index (κ3) is 4.31. The van der Waals surface area contributed by atoms with Crippen LogP contribution in [-0.4, -0.2) is 29.0 Å². The fraction of sp³-hybridized carbons (Fsp3) is 0.227. The predicted molar refractivity (Wildman–Crippen MR) is 107 cm³/mol. The highest BCUT2D eigenvalue weighted by Gasteiger charge is 2.25. The first kappa shape index (κ1) is 17.2. The monoisotopic (exact) mass is 358 g/mol. The normalized spacial score (nSPS) is 13.2. The van der Waals surface area contributed by atoms with Crippen LogP contribution in [0.1, 0.15) is 28.9 Å². The summed E-state index contributed by atoms with van der Waals surface area (Å²) in [4.78, 5) is 23.9. The number of carbonyl (C=O) groups is 1. The molecule has 0 saturated heterocycles. The molecule has 1 aromatic heterocycles. The molecule has 1 heterocycles. The van der Waals surface area contributed by atoms with Crippen molar-refractivity contribution in [2.75, 3.05) is 11.9 Å². The lowest BCUT2D eigenvalue weighted by Gasteiger charge is -2.19. The number of amides is 1. The molecule has 1 amide bonds. The van der Waals surface area contributed by atoms with E-state index in [2.05, 4.69) is 22.4 Å². The van der Waals surface area contributed by atoms with Crippen LogP contribution < -0.4 is 10.2 Å². The molecule has 1 saturated carbocycles. The van der Waals surface area contributed by atoms with Crippen molar-refractivity contribution in [3.05, 3.63) is 78.0 Å². The lowest BCUT2D eigenvalue weighted by molar-refractivity contribution is 0.0946. The molecule has 0 unspecified atom stereocenters. The number of aromatic nitrogens is 2. The molecule has 0 bridgehead atoms. The SMILES string of the molecule is CN(Cc1ccccc1)c1cc(C(=O)NC2CC2)nc(-c2ccccc2)n1. The summed E-state index contributed by atoms with van der Waals surface area (Å²) >= 11 is 0. The molecular formula is C22H22N4O. The van der Waals surface area contributed by atoms with Gasteiger partial charge in [0.05, 0.1) is 0 Å². The Labute approximate surface area is 159 Å². The van der Waals surface area contributed by atoms with Crippen LogP contribution in [0.25, 0.3) is 11.4 Å². The van der Waals surface area contributed by atoms with Gasteiger partial charge in [0.15, 0.2) is 5.82 Å². The molecule has 136 valence electrons. The van der Waals surface area contributed by atoms with Crippen molar-refractivity contribution in [1.29, 1.82) is 0 Å². The molecule has 0 atom stereocenters. The smallest absolute Gasteiger partial charge is 0.270 e. The highest BCUT2D eigenvalue weighted by atomic mass is 16.2. The van der Waals surface area contributed by atoms with Gasteiger partial charge in [-0.25, -0.2) is 9.97 Å². The topological polar surface area (TPSA) is 58.1 Å². The average Bonchev–Trinajstić information content (AvgIpc) is 3.53. The lowest BCUT2D eigenvalue weighted by atomic mass is 10.2. The van der Waals surface area contributed by atoms with Gasteiger partial charge in [0.25, 0.3) is 5.91 Å². The van der Waals surface area contributed by atoms with E-state index in [1.807, 2.05) is 60.5 Å². The molecule has 5 heteroatoms. The van der Waals surface area contributed by atoms with Gasteiger partial charge in [0, 0.05) is 31.3 Å². The van der Waals surface area contributed by atoms with E-state index in [4.69, 9.17) is 4.98 Å². The number of anilines is 1. The van der Waals surface area contributed by atoms with Crippen LogP contribution in [-0.2, 0) is 6.54 Å². The third-order valence-corrected chi connectivity index (χ3v) is 4.54. The van der Waals surface area contributed by atoms with E-state index >= 15 is 0 Å². The maximum Gasteiger partial charge on any atom is 0.270 e. The Kier molecular flexibility index (Phi) is 4.83. The Hall–Kier alpha value is -3.21. The molecule has 1 aliphatic rings. The van der Waals surface area contributed by atoms with E-state index in [0.717, 1.165) is 24.2 Å². The number of hydrogen-bond donors (Lipinski definition) is 1. The van der Waals surface area contributed by atoms with Gasteiger partial charge < -0.3 is 10.2 Å². The standard InChI is InChI=1S/C22H22N4O/c1-26(15-16-8-4-2-5-9-16)20-14-19(22(27)23-18-12-13-18)24-21(25-20)17-10-6-3-7-11-17/h2-11,14,18H,12-13,15H2,1H3,(H,23,27). The minimum atomic E-state index is -0.133. The molecule has 4 rings (SSSR count). The minimum Gasteiger partial charge on any atom is -0.355 e. The summed E-state index contributed by atoms with van der Waals surface area (Å²) in [7, 11) is 1.98. The quantitative estimate of drug-likeness (QED) is 0.730. The molecular weight excluding hydrogens is 336 g/mol. The molecule has 1 N–H and O–H groups in total. The first-order valence-corrected chi connectivity index (χ1v) is 9.19. The van der Waals surface area contributed by atoms with Crippen LogP contribution in [0.2, 0.25) is 0 Å². The van der Waals surface area contributed by atoms with Crippen LogP contribution >= 0.6 is 0 Å². The number of benzene rings is 2. The molecule has 0 radical (unpaired) electrons. The summed E-state index contributed by atoms with van der Waals surface area (Å²) in [6.07, 6.45) is 2.09. The first-order chi connectivity index (χ1) is 13.2. The molecule has 0 spiro atoms. The lowest BCUT2D eigenvalue weighted by Crippen LogP contribution is -2.27. The van der Waals surface area contributed by atoms with Gasteiger partial charge in [-0.2, -0.15) is 0 Å². The Morgan fingerprint density at radius 3 is 2.37 bits per heavy atom. The molecule has 27 heavy (non-hydrogen) atoms. The van der Waals surface area contributed by atoms with Crippen LogP contribution in [0, 0.1) is 0 Å². The number of nitrogens with one attached hydrogen (secondary N) is 1. The van der Waals surface area contributed by atoms with Crippen molar-refractivity contribution < 1.29 is 4.79 Å².